The van der Waals surface area contributed by atoms with E-state index in [1.54, 1.807) is 12.1 Å². The van der Waals surface area contributed by atoms with Crippen LogP contribution in [0.4, 0.5) is 0 Å². The Hall–Kier alpha value is -2.07. The van der Waals surface area contributed by atoms with Crippen molar-refractivity contribution in [2.45, 2.75) is 31.8 Å². The summed E-state index contributed by atoms with van der Waals surface area (Å²) < 4.78 is 0. The minimum absolute atomic E-state index is 0.0313. The summed E-state index contributed by atoms with van der Waals surface area (Å²) in [6.45, 7) is 0. The van der Waals surface area contributed by atoms with E-state index in [2.05, 4.69) is 5.48 Å². The van der Waals surface area contributed by atoms with Crippen molar-refractivity contribution >= 4 is 16.7 Å². The summed E-state index contributed by atoms with van der Waals surface area (Å²) in [4.78, 5) is 17.4. The fraction of sp³-hybridized carbons (Fsp3) is 0.312. The van der Waals surface area contributed by atoms with E-state index < -0.39 is 5.91 Å². The zero-order valence-electron chi connectivity index (χ0n) is 11.1. The Balaban J connectivity index is 1.77. The highest BCUT2D eigenvalue weighted by atomic mass is 16.7. The highest BCUT2D eigenvalue weighted by molar-refractivity contribution is 6.01. The molecule has 0 saturated heterocycles. The zero-order valence-corrected chi connectivity index (χ0v) is 11.1. The number of carbonyl (C=O) groups is 1. The lowest BCUT2D eigenvalue weighted by Gasteiger charge is -2.12. The third-order valence-corrected chi connectivity index (χ3v) is 3.73. The molecule has 1 saturated carbocycles. The number of benzene rings is 2. The largest absolute Gasteiger partial charge is 0.507 e. The number of carbonyl (C=O) groups excluding carboxylic acids is 1. The van der Waals surface area contributed by atoms with E-state index in [0.29, 0.717) is 0 Å². The Labute approximate surface area is 117 Å². The van der Waals surface area contributed by atoms with E-state index in [1.165, 1.54) is 0 Å². The molecule has 2 N–H and O–H groups in total. The summed E-state index contributed by atoms with van der Waals surface area (Å²) in [5.41, 5.74) is 2.69. The number of aromatic hydroxyl groups is 1. The first-order valence-corrected chi connectivity index (χ1v) is 6.92. The molecule has 4 nitrogen and oxygen atoms in total. The highest BCUT2D eigenvalue weighted by Crippen LogP contribution is 2.25. The van der Waals surface area contributed by atoms with Crippen LogP contribution in [0, 0.1) is 0 Å². The number of phenolic OH excluding ortho intramolecular Hbond substituents is 1. The van der Waals surface area contributed by atoms with Crippen molar-refractivity contribution in [2.75, 3.05) is 0 Å². The predicted octanol–water partition coefficient (Wildman–Crippen LogP) is 3.15. The van der Waals surface area contributed by atoms with Crippen LogP contribution in [0.2, 0.25) is 0 Å². The van der Waals surface area contributed by atoms with Gasteiger partial charge in [-0.15, -0.1) is 0 Å². The topological polar surface area (TPSA) is 58.6 Å². The number of hydroxylamine groups is 1. The molecule has 20 heavy (non-hydrogen) atoms. The van der Waals surface area contributed by atoms with Gasteiger partial charge in [-0.3, -0.25) is 9.63 Å². The van der Waals surface area contributed by atoms with Crippen LogP contribution in [0.3, 0.4) is 0 Å². The van der Waals surface area contributed by atoms with Gasteiger partial charge in [0.05, 0.1) is 11.7 Å². The van der Waals surface area contributed by atoms with E-state index in [1.807, 2.05) is 24.3 Å². The Kier molecular flexibility index (Phi) is 3.56. The lowest BCUT2D eigenvalue weighted by atomic mass is 10.1. The molecular formula is C16H17NO3. The number of hydrogen-bond acceptors (Lipinski definition) is 3. The molecule has 0 radical (unpaired) electrons. The van der Waals surface area contributed by atoms with Gasteiger partial charge in [-0.1, -0.05) is 37.1 Å². The van der Waals surface area contributed by atoms with Gasteiger partial charge in [0, 0.05) is 0 Å². The summed E-state index contributed by atoms with van der Waals surface area (Å²) in [5.74, 6) is -0.434. The fourth-order valence-corrected chi connectivity index (χ4v) is 2.61. The highest BCUT2D eigenvalue weighted by Gasteiger charge is 2.18. The van der Waals surface area contributed by atoms with Crippen LogP contribution in [0.5, 0.6) is 5.75 Å². The summed E-state index contributed by atoms with van der Waals surface area (Å²) in [5, 5.41) is 11.8. The second-order valence-corrected chi connectivity index (χ2v) is 5.17. The number of rotatable bonds is 3. The molecule has 2 aromatic carbocycles. The maximum absolute atomic E-state index is 12.1. The molecule has 0 unspecified atom stereocenters. The molecule has 0 spiro atoms. The molecule has 104 valence electrons. The van der Waals surface area contributed by atoms with Gasteiger partial charge in [0.25, 0.3) is 5.91 Å². The van der Waals surface area contributed by atoms with Crippen LogP contribution in [0.25, 0.3) is 10.8 Å². The maximum atomic E-state index is 12.1. The van der Waals surface area contributed by atoms with Gasteiger partial charge in [0.1, 0.15) is 5.75 Å². The van der Waals surface area contributed by atoms with Crippen LogP contribution in [0.1, 0.15) is 36.0 Å². The summed E-state index contributed by atoms with van der Waals surface area (Å²) in [6, 6.07) is 10.9. The lowest BCUT2D eigenvalue weighted by Crippen LogP contribution is -2.28. The molecule has 4 heteroatoms. The van der Waals surface area contributed by atoms with E-state index in [-0.39, 0.29) is 17.4 Å². The predicted molar refractivity (Wildman–Crippen MR) is 76.4 cm³/mol. The van der Waals surface area contributed by atoms with Gasteiger partial charge in [-0.2, -0.15) is 0 Å². The molecule has 1 amide bonds. The van der Waals surface area contributed by atoms with Crippen molar-refractivity contribution in [3.05, 3.63) is 42.0 Å². The Morgan fingerprint density at radius 3 is 2.50 bits per heavy atom. The standard InChI is InChI=1S/C16H17NO3/c18-15-10-12-6-2-1-5-11(12)9-14(15)16(19)17-20-13-7-3-4-8-13/h1-2,5-6,9-10,13,18H,3-4,7-8H2,(H,17,19). The van der Waals surface area contributed by atoms with Crippen LogP contribution in [-0.2, 0) is 4.84 Å². The normalized spacial score (nSPS) is 15.6. The van der Waals surface area contributed by atoms with Crippen molar-refractivity contribution in [1.82, 2.24) is 5.48 Å². The number of amides is 1. The number of phenols is 1. The third kappa shape index (κ3) is 2.60. The minimum Gasteiger partial charge on any atom is -0.507 e. The monoisotopic (exact) mass is 271 g/mol. The maximum Gasteiger partial charge on any atom is 0.278 e. The molecule has 1 aliphatic carbocycles. The molecule has 0 heterocycles. The SMILES string of the molecule is O=C(NOC1CCCC1)c1cc2ccccc2cc1O. The minimum atomic E-state index is -0.403. The molecule has 0 aliphatic heterocycles. The molecule has 3 rings (SSSR count). The Morgan fingerprint density at radius 2 is 1.80 bits per heavy atom. The van der Waals surface area contributed by atoms with E-state index in [4.69, 9.17) is 4.84 Å². The van der Waals surface area contributed by atoms with Gasteiger partial charge in [-0.05, 0) is 35.7 Å². The molecule has 0 atom stereocenters. The van der Waals surface area contributed by atoms with Gasteiger partial charge >= 0.3 is 0 Å². The van der Waals surface area contributed by atoms with Gasteiger partial charge in [0.15, 0.2) is 0 Å². The van der Waals surface area contributed by atoms with Crippen LogP contribution in [0.15, 0.2) is 36.4 Å². The number of nitrogens with one attached hydrogen (secondary N) is 1. The molecule has 1 aliphatic rings. The molecular weight excluding hydrogens is 254 g/mol. The zero-order chi connectivity index (χ0) is 13.9. The summed E-state index contributed by atoms with van der Waals surface area (Å²) >= 11 is 0. The quantitative estimate of drug-likeness (QED) is 0.843. The van der Waals surface area contributed by atoms with Gasteiger partial charge in [-0.25, -0.2) is 5.48 Å². The summed E-state index contributed by atoms with van der Waals surface area (Å²) in [7, 11) is 0. The fourth-order valence-electron chi connectivity index (χ4n) is 2.61. The van der Waals surface area contributed by atoms with Crippen molar-refractivity contribution < 1.29 is 14.7 Å². The lowest BCUT2D eigenvalue weighted by molar-refractivity contribution is -0.0126. The Morgan fingerprint density at radius 1 is 1.15 bits per heavy atom. The van der Waals surface area contributed by atoms with Crippen molar-refractivity contribution in [1.29, 1.82) is 0 Å². The number of hydrogen-bond donors (Lipinski definition) is 2. The van der Waals surface area contributed by atoms with Crippen molar-refractivity contribution in [3.63, 3.8) is 0 Å². The first-order chi connectivity index (χ1) is 9.74. The average Bonchev–Trinajstić information content (AvgIpc) is 2.97. The van der Waals surface area contributed by atoms with E-state index in [9.17, 15) is 9.90 Å². The van der Waals surface area contributed by atoms with Crippen LogP contribution >= 0.6 is 0 Å². The third-order valence-electron chi connectivity index (χ3n) is 3.73. The molecule has 0 aromatic heterocycles. The Bertz CT molecular complexity index is 633. The first kappa shape index (κ1) is 12.9. The summed E-state index contributed by atoms with van der Waals surface area (Å²) in [6.07, 6.45) is 4.33. The number of fused-ring (bicyclic) bond motifs is 1. The van der Waals surface area contributed by atoms with Crippen LogP contribution < -0.4 is 5.48 Å². The molecule has 2 aromatic rings. The van der Waals surface area contributed by atoms with E-state index in [0.717, 1.165) is 36.5 Å². The van der Waals surface area contributed by atoms with Crippen molar-refractivity contribution in [2.24, 2.45) is 0 Å². The first-order valence-electron chi connectivity index (χ1n) is 6.92. The smallest absolute Gasteiger partial charge is 0.278 e. The average molecular weight is 271 g/mol. The van der Waals surface area contributed by atoms with Gasteiger partial charge < -0.3 is 5.11 Å². The molecule has 1 fully saturated rings. The second-order valence-electron chi connectivity index (χ2n) is 5.17. The van der Waals surface area contributed by atoms with Crippen LogP contribution in [-0.4, -0.2) is 17.1 Å². The molecule has 0 bridgehead atoms. The second kappa shape index (κ2) is 5.51. The van der Waals surface area contributed by atoms with Crippen molar-refractivity contribution in [3.8, 4) is 5.75 Å². The van der Waals surface area contributed by atoms with E-state index >= 15 is 0 Å². The van der Waals surface area contributed by atoms with Gasteiger partial charge in [0.2, 0.25) is 0 Å².